The summed E-state index contributed by atoms with van der Waals surface area (Å²) >= 11 is 10.0. The summed E-state index contributed by atoms with van der Waals surface area (Å²) < 4.78 is 14.3. The molecule has 0 amide bonds. The van der Waals surface area contributed by atoms with Crippen molar-refractivity contribution < 1.29 is 4.39 Å². The molecule has 0 unspecified atom stereocenters. The number of fused-ring (bicyclic) bond motifs is 1. The predicted molar refractivity (Wildman–Crippen MR) is 98.7 cm³/mol. The van der Waals surface area contributed by atoms with E-state index in [1.807, 2.05) is 13.0 Å². The molecule has 0 spiro atoms. The summed E-state index contributed by atoms with van der Waals surface area (Å²) in [7, 11) is 0. The minimum Gasteiger partial charge on any atom is -0.236 e. The van der Waals surface area contributed by atoms with Crippen LogP contribution in [0.1, 0.15) is 30.9 Å². The van der Waals surface area contributed by atoms with Crippen molar-refractivity contribution in [3.05, 3.63) is 63.0 Å². The van der Waals surface area contributed by atoms with Gasteiger partial charge in [-0.2, -0.15) is 0 Å². The van der Waals surface area contributed by atoms with Crippen molar-refractivity contribution in [1.82, 2.24) is 4.98 Å². The molecule has 0 aliphatic heterocycles. The van der Waals surface area contributed by atoms with E-state index in [1.54, 1.807) is 12.1 Å². The third-order valence-electron chi connectivity index (χ3n) is 3.97. The third-order valence-corrected chi connectivity index (χ3v) is 5.11. The normalized spacial score (nSPS) is 11.4. The van der Waals surface area contributed by atoms with Gasteiger partial charge in [0, 0.05) is 15.4 Å². The third kappa shape index (κ3) is 3.00. The molecular formula is C19H16BrClFN. The van der Waals surface area contributed by atoms with Gasteiger partial charge in [-0.3, -0.25) is 0 Å². The first-order chi connectivity index (χ1) is 10.9. The van der Waals surface area contributed by atoms with Gasteiger partial charge in [0.15, 0.2) is 0 Å². The number of aromatic nitrogens is 1. The van der Waals surface area contributed by atoms with Crippen LogP contribution in [0, 0.1) is 12.7 Å². The van der Waals surface area contributed by atoms with Crippen molar-refractivity contribution >= 4 is 38.4 Å². The van der Waals surface area contributed by atoms with E-state index in [-0.39, 0.29) is 11.7 Å². The average molecular weight is 393 g/mol. The van der Waals surface area contributed by atoms with Crippen molar-refractivity contribution in [3.63, 3.8) is 0 Å². The minimum absolute atomic E-state index is 0.211. The number of nitrogens with zero attached hydrogens (tertiary/aromatic N) is 1. The Hall–Kier alpha value is -1.45. The standard InChI is InChI=1S/C19H16BrClFN/c1-10(2)17-18(12-4-6-13(22)7-5-12)14-8-11(3)15(20)9-16(14)23-19(17)21/h4-10H,1-3H3. The lowest BCUT2D eigenvalue weighted by Crippen LogP contribution is -1.99. The van der Waals surface area contributed by atoms with Crippen LogP contribution in [0.4, 0.5) is 4.39 Å². The lowest BCUT2D eigenvalue weighted by atomic mass is 9.90. The molecule has 0 aliphatic carbocycles. The maximum atomic E-state index is 13.3. The van der Waals surface area contributed by atoms with Crippen LogP contribution in [-0.2, 0) is 0 Å². The summed E-state index contributed by atoms with van der Waals surface area (Å²) in [5.41, 5.74) is 4.93. The fraction of sp³-hybridized carbons (Fsp3) is 0.211. The molecule has 0 fully saturated rings. The van der Waals surface area contributed by atoms with Crippen LogP contribution < -0.4 is 0 Å². The second kappa shape index (κ2) is 6.21. The summed E-state index contributed by atoms with van der Waals surface area (Å²) in [6, 6.07) is 10.6. The Labute approximate surface area is 148 Å². The summed E-state index contributed by atoms with van der Waals surface area (Å²) in [6.45, 7) is 6.22. The molecule has 4 heteroatoms. The maximum Gasteiger partial charge on any atom is 0.133 e. The Morgan fingerprint density at radius 1 is 1.13 bits per heavy atom. The highest BCUT2D eigenvalue weighted by Gasteiger charge is 2.19. The van der Waals surface area contributed by atoms with Gasteiger partial charge in [-0.05, 0) is 53.8 Å². The summed E-state index contributed by atoms with van der Waals surface area (Å²) in [5.74, 6) is -0.0355. The number of rotatable bonds is 2. The smallest absolute Gasteiger partial charge is 0.133 e. The van der Waals surface area contributed by atoms with Gasteiger partial charge in [-0.1, -0.05) is 53.5 Å². The van der Waals surface area contributed by atoms with Crippen molar-refractivity contribution in [1.29, 1.82) is 0 Å². The Bertz CT molecular complexity index is 888. The topological polar surface area (TPSA) is 12.9 Å². The molecule has 23 heavy (non-hydrogen) atoms. The molecule has 0 saturated carbocycles. The molecule has 118 valence electrons. The van der Waals surface area contributed by atoms with Crippen molar-refractivity contribution in [2.45, 2.75) is 26.7 Å². The van der Waals surface area contributed by atoms with Gasteiger partial charge in [0.25, 0.3) is 0 Å². The summed E-state index contributed by atoms with van der Waals surface area (Å²) in [6.07, 6.45) is 0. The number of pyridine rings is 1. The largest absolute Gasteiger partial charge is 0.236 e. The van der Waals surface area contributed by atoms with Crippen LogP contribution >= 0.6 is 27.5 Å². The van der Waals surface area contributed by atoms with Gasteiger partial charge in [0.05, 0.1) is 5.52 Å². The lowest BCUT2D eigenvalue weighted by Gasteiger charge is -2.18. The maximum absolute atomic E-state index is 13.3. The molecule has 0 atom stereocenters. The van der Waals surface area contributed by atoms with Crippen molar-refractivity contribution in [3.8, 4) is 11.1 Å². The second-order valence-corrected chi connectivity index (χ2v) is 7.18. The Morgan fingerprint density at radius 3 is 2.39 bits per heavy atom. The summed E-state index contributed by atoms with van der Waals surface area (Å²) in [4.78, 5) is 4.56. The molecule has 1 aromatic heterocycles. The van der Waals surface area contributed by atoms with Crippen LogP contribution in [0.5, 0.6) is 0 Å². The summed E-state index contributed by atoms with van der Waals surface area (Å²) in [5, 5.41) is 1.54. The number of halogens is 3. The van der Waals surface area contributed by atoms with Gasteiger partial charge in [-0.25, -0.2) is 9.37 Å². The first-order valence-electron chi connectivity index (χ1n) is 7.43. The zero-order valence-electron chi connectivity index (χ0n) is 13.1. The highest BCUT2D eigenvalue weighted by molar-refractivity contribution is 9.10. The van der Waals surface area contributed by atoms with E-state index in [0.29, 0.717) is 5.15 Å². The molecule has 2 aromatic carbocycles. The molecule has 0 radical (unpaired) electrons. The zero-order valence-corrected chi connectivity index (χ0v) is 15.5. The second-order valence-electron chi connectivity index (χ2n) is 5.97. The molecule has 0 N–H and O–H groups in total. The molecule has 0 saturated heterocycles. The Balaban J connectivity index is 2.46. The number of hydrogen-bond donors (Lipinski definition) is 0. The average Bonchev–Trinajstić information content (AvgIpc) is 2.48. The number of aryl methyl sites for hydroxylation is 1. The molecule has 0 bridgehead atoms. The van der Waals surface area contributed by atoms with Crippen molar-refractivity contribution in [2.24, 2.45) is 0 Å². The van der Waals surface area contributed by atoms with Crippen LogP contribution in [0.25, 0.3) is 22.0 Å². The molecule has 0 aliphatic rings. The first kappa shape index (κ1) is 16.4. The van der Waals surface area contributed by atoms with Crippen LogP contribution in [0.3, 0.4) is 0 Å². The van der Waals surface area contributed by atoms with Gasteiger partial charge < -0.3 is 0 Å². The first-order valence-corrected chi connectivity index (χ1v) is 8.60. The predicted octanol–water partition coefficient (Wildman–Crippen LogP) is 6.89. The number of hydrogen-bond acceptors (Lipinski definition) is 1. The van der Waals surface area contributed by atoms with E-state index in [2.05, 4.69) is 40.8 Å². The fourth-order valence-electron chi connectivity index (χ4n) is 2.83. The van der Waals surface area contributed by atoms with Gasteiger partial charge in [0.2, 0.25) is 0 Å². The molecule has 1 nitrogen and oxygen atoms in total. The monoisotopic (exact) mass is 391 g/mol. The van der Waals surface area contributed by atoms with E-state index in [9.17, 15) is 4.39 Å². The van der Waals surface area contributed by atoms with E-state index in [1.165, 1.54) is 12.1 Å². The van der Waals surface area contributed by atoms with E-state index < -0.39 is 0 Å². The molecule has 3 rings (SSSR count). The lowest BCUT2D eigenvalue weighted by molar-refractivity contribution is 0.628. The van der Waals surface area contributed by atoms with Crippen LogP contribution in [0.2, 0.25) is 5.15 Å². The number of benzene rings is 2. The SMILES string of the molecule is Cc1cc2c(-c3ccc(F)cc3)c(C(C)C)c(Cl)nc2cc1Br. The van der Waals surface area contributed by atoms with E-state index >= 15 is 0 Å². The molecular weight excluding hydrogens is 377 g/mol. The minimum atomic E-state index is -0.247. The van der Waals surface area contributed by atoms with Crippen molar-refractivity contribution in [2.75, 3.05) is 0 Å². The molecule has 3 aromatic rings. The van der Waals surface area contributed by atoms with Crippen LogP contribution in [-0.4, -0.2) is 4.98 Å². The van der Waals surface area contributed by atoms with Gasteiger partial charge in [-0.15, -0.1) is 0 Å². The van der Waals surface area contributed by atoms with E-state index in [4.69, 9.17) is 11.6 Å². The highest BCUT2D eigenvalue weighted by atomic mass is 79.9. The Kier molecular flexibility index (Phi) is 4.43. The fourth-order valence-corrected chi connectivity index (χ4v) is 3.57. The quantitative estimate of drug-likeness (QED) is 0.433. The van der Waals surface area contributed by atoms with Crippen LogP contribution in [0.15, 0.2) is 40.9 Å². The molecule has 1 heterocycles. The highest BCUT2D eigenvalue weighted by Crippen LogP contribution is 2.40. The van der Waals surface area contributed by atoms with E-state index in [0.717, 1.165) is 37.6 Å². The van der Waals surface area contributed by atoms with Gasteiger partial charge >= 0.3 is 0 Å². The zero-order chi connectivity index (χ0) is 16.7. The Morgan fingerprint density at radius 2 is 1.78 bits per heavy atom. The van der Waals surface area contributed by atoms with Gasteiger partial charge in [0.1, 0.15) is 11.0 Å².